The number of alkyl halides is 1. The van der Waals surface area contributed by atoms with Crippen LogP contribution in [0, 0.1) is 0 Å². The molecule has 0 aromatic carbocycles. The lowest BCUT2D eigenvalue weighted by Gasteiger charge is -2.24. The molecule has 1 aromatic heterocycles. The quantitative estimate of drug-likeness (QED) is 0.832. The molecule has 0 saturated heterocycles. The predicted molar refractivity (Wildman–Crippen MR) is 66.3 cm³/mol. The topological polar surface area (TPSA) is 71.8 Å². The van der Waals surface area contributed by atoms with Gasteiger partial charge in [0.05, 0.1) is 12.6 Å². The molecule has 7 heteroatoms. The van der Waals surface area contributed by atoms with Gasteiger partial charge in [0.2, 0.25) is 0 Å². The number of hydrogen-bond acceptors (Lipinski definition) is 3. The van der Waals surface area contributed by atoms with Gasteiger partial charge in [-0.15, -0.1) is 0 Å². The third-order valence-corrected chi connectivity index (χ3v) is 3.84. The van der Waals surface area contributed by atoms with Crippen molar-refractivity contribution in [3.63, 3.8) is 0 Å². The van der Waals surface area contributed by atoms with E-state index < -0.39 is 6.17 Å². The zero-order valence-electron chi connectivity index (χ0n) is 10.7. The van der Waals surface area contributed by atoms with Gasteiger partial charge in [-0.2, -0.15) is 5.10 Å². The van der Waals surface area contributed by atoms with Gasteiger partial charge in [-0.3, -0.25) is 0 Å². The van der Waals surface area contributed by atoms with Crippen molar-refractivity contribution in [3.8, 4) is 0 Å². The summed E-state index contributed by atoms with van der Waals surface area (Å²) in [4.78, 5) is 16.0. The normalized spacial score (nSPS) is 29.8. The van der Waals surface area contributed by atoms with E-state index in [1.54, 1.807) is 0 Å². The Morgan fingerprint density at radius 3 is 2.95 bits per heavy atom. The summed E-state index contributed by atoms with van der Waals surface area (Å²) in [5.41, 5.74) is 0. The Balaban J connectivity index is 1.48. The van der Waals surface area contributed by atoms with Crippen molar-refractivity contribution >= 4 is 6.03 Å². The second-order valence-corrected chi connectivity index (χ2v) is 5.32. The monoisotopic (exact) mass is 267 g/mol. The van der Waals surface area contributed by atoms with Gasteiger partial charge >= 0.3 is 6.03 Å². The summed E-state index contributed by atoms with van der Waals surface area (Å²) in [6.07, 6.45) is 4.17. The van der Waals surface area contributed by atoms with Crippen LogP contribution in [0.15, 0.2) is 6.33 Å². The number of amides is 2. The van der Waals surface area contributed by atoms with Crippen molar-refractivity contribution < 1.29 is 9.18 Å². The van der Waals surface area contributed by atoms with Gasteiger partial charge in [0.15, 0.2) is 0 Å². The lowest BCUT2D eigenvalue weighted by molar-refractivity contribution is 0.227. The van der Waals surface area contributed by atoms with E-state index in [9.17, 15) is 9.18 Å². The van der Waals surface area contributed by atoms with Gasteiger partial charge in [0, 0.05) is 12.5 Å². The largest absolute Gasteiger partial charge is 0.335 e. The first-order chi connectivity index (χ1) is 9.20. The maximum Gasteiger partial charge on any atom is 0.315 e. The molecule has 3 unspecified atom stereocenters. The van der Waals surface area contributed by atoms with Crippen molar-refractivity contribution in [2.24, 2.45) is 0 Å². The van der Waals surface area contributed by atoms with E-state index in [-0.39, 0.29) is 18.1 Å². The van der Waals surface area contributed by atoms with Crippen LogP contribution >= 0.6 is 0 Å². The number of fused-ring (bicyclic) bond motifs is 1. The van der Waals surface area contributed by atoms with Gasteiger partial charge in [0.25, 0.3) is 0 Å². The number of urea groups is 1. The minimum absolute atomic E-state index is 0.0273. The van der Waals surface area contributed by atoms with E-state index in [1.807, 2.05) is 4.68 Å². The van der Waals surface area contributed by atoms with Crippen LogP contribution in [0.5, 0.6) is 0 Å². The highest BCUT2D eigenvalue weighted by molar-refractivity contribution is 5.74. The van der Waals surface area contributed by atoms with Crippen molar-refractivity contribution in [1.29, 1.82) is 0 Å². The van der Waals surface area contributed by atoms with Crippen LogP contribution in [0.3, 0.4) is 0 Å². The average molecular weight is 267 g/mol. The number of nitrogens with one attached hydrogen (secondary N) is 2. The molecule has 1 aromatic rings. The Hall–Kier alpha value is -1.66. The number of nitrogens with zero attached hydrogens (tertiary/aromatic N) is 3. The molecule has 1 aliphatic carbocycles. The number of aromatic nitrogens is 3. The Morgan fingerprint density at radius 1 is 1.32 bits per heavy atom. The first kappa shape index (κ1) is 12.4. The van der Waals surface area contributed by atoms with Gasteiger partial charge in [-0.1, -0.05) is 0 Å². The fraction of sp³-hybridized carbons (Fsp3) is 0.750. The Morgan fingerprint density at radius 2 is 2.16 bits per heavy atom. The first-order valence-corrected chi connectivity index (χ1v) is 6.78. The highest BCUT2D eigenvalue weighted by Gasteiger charge is 2.27. The lowest BCUT2D eigenvalue weighted by Crippen LogP contribution is -2.48. The summed E-state index contributed by atoms with van der Waals surface area (Å²) in [5.74, 6) is 0.967. The third-order valence-electron chi connectivity index (χ3n) is 3.84. The molecular formula is C12H18FN5O. The number of halogens is 1. The number of carbonyl (C=O) groups excluding carboxylic acids is 1. The highest BCUT2D eigenvalue weighted by Crippen LogP contribution is 2.21. The van der Waals surface area contributed by atoms with Gasteiger partial charge in [-0.05, 0) is 25.7 Å². The summed E-state index contributed by atoms with van der Waals surface area (Å²) in [6.45, 7) is 0.652. The van der Waals surface area contributed by atoms with Crippen molar-refractivity contribution in [2.75, 3.05) is 0 Å². The number of aryl methyl sites for hydroxylation is 1. The number of rotatable bonds is 2. The summed E-state index contributed by atoms with van der Waals surface area (Å²) >= 11 is 0. The van der Waals surface area contributed by atoms with Crippen molar-refractivity contribution in [1.82, 2.24) is 25.4 Å². The minimum Gasteiger partial charge on any atom is -0.335 e. The van der Waals surface area contributed by atoms with E-state index >= 15 is 0 Å². The van der Waals surface area contributed by atoms with E-state index in [0.29, 0.717) is 19.4 Å². The molecule has 0 radical (unpaired) electrons. The third kappa shape index (κ3) is 2.85. The van der Waals surface area contributed by atoms with Crippen LogP contribution < -0.4 is 10.6 Å². The van der Waals surface area contributed by atoms with Crippen molar-refractivity contribution in [2.45, 2.75) is 56.9 Å². The molecule has 2 amide bonds. The van der Waals surface area contributed by atoms with E-state index in [0.717, 1.165) is 25.1 Å². The molecule has 2 heterocycles. The van der Waals surface area contributed by atoms with Crippen molar-refractivity contribution in [3.05, 3.63) is 12.2 Å². The molecule has 2 N–H and O–H groups in total. The molecular weight excluding hydrogens is 249 g/mol. The maximum atomic E-state index is 13.0. The Labute approximate surface area is 110 Å². The summed E-state index contributed by atoms with van der Waals surface area (Å²) < 4.78 is 14.8. The predicted octanol–water partition coefficient (Wildman–Crippen LogP) is 0.783. The van der Waals surface area contributed by atoms with Gasteiger partial charge in [-0.25, -0.2) is 18.9 Å². The zero-order chi connectivity index (χ0) is 13.2. The van der Waals surface area contributed by atoms with Crippen LogP contribution in [0.25, 0.3) is 0 Å². The van der Waals surface area contributed by atoms with Gasteiger partial charge in [0.1, 0.15) is 18.3 Å². The van der Waals surface area contributed by atoms with Crippen LogP contribution in [0.1, 0.15) is 31.5 Å². The average Bonchev–Trinajstić information content (AvgIpc) is 2.97. The summed E-state index contributed by atoms with van der Waals surface area (Å²) in [7, 11) is 0. The Kier molecular flexibility index (Phi) is 3.35. The molecule has 19 heavy (non-hydrogen) atoms. The number of hydrogen-bond donors (Lipinski definition) is 2. The summed E-state index contributed by atoms with van der Waals surface area (Å²) in [6, 6.07) is -0.162. The molecule has 1 fully saturated rings. The van der Waals surface area contributed by atoms with Crippen LogP contribution in [0.2, 0.25) is 0 Å². The molecule has 1 aliphatic heterocycles. The maximum absolute atomic E-state index is 13.0. The number of carbonyl (C=O) groups is 1. The second kappa shape index (κ2) is 5.14. The smallest absolute Gasteiger partial charge is 0.315 e. The van der Waals surface area contributed by atoms with E-state index in [1.165, 1.54) is 6.33 Å². The first-order valence-electron chi connectivity index (χ1n) is 6.78. The fourth-order valence-corrected chi connectivity index (χ4v) is 2.83. The molecule has 104 valence electrons. The van der Waals surface area contributed by atoms with Gasteiger partial charge < -0.3 is 10.6 Å². The molecule has 3 atom stereocenters. The van der Waals surface area contributed by atoms with Crippen LogP contribution in [-0.2, 0) is 13.0 Å². The Bertz CT molecular complexity index is 463. The summed E-state index contributed by atoms with van der Waals surface area (Å²) in [5, 5.41) is 9.88. The van der Waals surface area contributed by atoms with E-state index in [4.69, 9.17) is 0 Å². The van der Waals surface area contributed by atoms with Crippen LogP contribution in [0.4, 0.5) is 9.18 Å². The lowest BCUT2D eigenvalue weighted by atomic mass is 10.1. The molecule has 0 bridgehead atoms. The van der Waals surface area contributed by atoms with Crippen LogP contribution in [-0.4, -0.2) is 39.1 Å². The SMILES string of the molecule is O=C(NC1CCC(F)C1)NC1CCc2ncnn2C1. The molecule has 3 rings (SSSR count). The molecule has 1 saturated carbocycles. The van der Waals surface area contributed by atoms with E-state index in [2.05, 4.69) is 20.7 Å². The standard InChI is InChI=1S/C12H18FN5O/c13-8-1-2-9(5-8)16-12(19)17-10-3-4-11-14-7-15-18(11)6-10/h7-10H,1-6H2,(H2,16,17,19). The fourth-order valence-electron chi connectivity index (χ4n) is 2.83. The molecule has 2 aliphatic rings. The minimum atomic E-state index is -0.766. The molecule has 6 nitrogen and oxygen atoms in total. The highest BCUT2D eigenvalue weighted by atomic mass is 19.1. The second-order valence-electron chi connectivity index (χ2n) is 5.32. The zero-order valence-corrected chi connectivity index (χ0v) is 10.7. The molecule has 0 spiro atoms.